The van der Waals surface area contributed by atoms with Crippen molar-refractivity contribution in [3.05, 3.63) is 30.5 Å². The van der Waals surface area contributed by atoms with Crippen LogP contribution in [0.5, 0.6) is 5.75 Å². The van der Waals surface area contributed by atoms with Gasteiger partial charge in [-0.1, -0.05) is 6.07 Å². The Bertz CT molecular complexity index is 835. The molecule has 1 unspecified atom stereocenters. The lowest BCUT2D eigenvalue weighted by atomic mass is 10.1. The molecule has 0 radical (unpaired) electrons. The molecule has 28 heavy (non-hydrogen) atoms. The van der Waals surface area contributed by atoms with Gasteiger partial charge in [-0.25, -0.2) is 0 Å². The molecule has 0 spiro atoms. The predicted octanol–water partition coefficient (Wildman–Crippen LogP) is 3.75. The number of hydrogen-bond donors (Lipinski definition) is 0. The minimum atomic E-state index is -4.27. The molecule has 1 amide bonds. The highest BCUT2D eigenvalue weighted by molar-refractivity contribution is 5.86. The van der Waals surface area contributed by atoms with Crippen LogP contribution in [0.1, 0.15) is 25.7 Å². The summed E-state index contributed by atoms with van der Waals surface area (Å²) in [5.74, 6) is 0.643. The van der Waals surface area contributed by atoms with Crippen molar-refractivity contribution in [2.45, 2.75) is 50.6 Å². The molecule has 2 fully saturated rings. The normalized spacial score (nSPS) is 21.4. The molecule has 5 nitrogen and oxygen atoms in total. The van der Waals surface area contributed by atoms with E-state index in [9.17, 15) is 18.0 Å². The average molecular weight is 396 g/mol. The Hall–Kier alpha value is -2.22. The molecular formula is C20H23F3N2O3. The zero-order valence-electron chi connectivity index (χ0n) is 15.5. The number of carbonyl (C=O) groups is 1. The number of hydrogen-bond acceptors (Lipinski definition) is 3. The Kier molecular flexibility index (Phi) is 5.23. The van der Waals surface area contributed by atoms with E-state index in [1.54, 1.807) is 24.3 Å². The van der Waals surface area contributed by atoms with E-state index in [0.29, 0.717) is 49.2 Å². The average Bonchev–Trinajstić information content (AvgIpc) is 3.32. The molecule has 1 aromatic heterocycles. The van der Waals surface area contributed by atoms with Gasteiger partial charge in [-0.15, -0.1) is 0 Å². The van der Waals surface area contributed by atoms with Gasteiger partial charge in [0.05, 0.1) is 5.52 Å². The van der Waals surface area contributed by atoms with Crippen LogP contribution in [0.3, 0.4) is 0 Å². The van der Waals surface area contributed by atoms with E-state index in [0.717, 1.165) is 12.8 Å². The molecule has 0 bridgehead atoms. The van der Waals surface area contributed by atoms with Gasteiger partial charge in [0.25, 0.3) is 5.91 Å². The summed E-state index contributed by atoms with van der Waals surface area (Å²) < 4.78 is 51.0. The van der Waals surface area contributed by atoms with Crippen LogP contribution in [-0.2, 0) is 16.1 Å². The number of benzene rings is 1. The molecule has 0 N–H and O–H groups in total. The van der Waals surface area contributed by atoms with Gasteiger partial charge >= 0.3 is 6.18 Å². The van der Waals surface area contributed by atoms with E-state index in [-0.39, 0.29) is 18.1 Å². The highest BCUT2D eigenvalue weighted by Gasteiger charge is 2.32. The summed E-state index contributed by atoms with van der Waals surface area (Å²) in [7, 11) is 0. The highest BCUT2D eigenvalue weighted by atomic mass is 19.4. The number of rotatable bonds is 4. The van der Waals surface area contributed by atoms with E-state index >= 15 is 0 Å². The van der Waals surface area contributed by atoms with Crippen molar-refractivity contribution in [3.63, 3.8) is 0 Å². The van der Waals surface area contributed by atoms with E-state index in [1.807, 2.05) is 4.90 Å². The van der Waals surface area contributed by atoms with E-state index < -0.39 is 12.7 Å². The number of halogens is 3. The smallest absolute Gasteiger partial charge is 0.406 e. The molecular weight excluding hydrogens is 373 g/mol. The molecule has 1 aromatic carbocycles. The Morgan fingerprint density at radius 3 is 2.64 bits per heavy atom. The van der Waals surface area contributed by atoms with Gasteiger partial charge in [-0.05, 0) is 31.0 Å². The fourth-order valence-electron chi connectivity index (χ4n) is 3.98. The summed E-state index contributed by atoms with van der Waals surface area (Å²) in [5.41, 5.74) is 0.501. The van der Waals surface area contributed by atoms with Crippen molar-refractivity contribution in [1.82, 2.24) is 9.47 Å². The topological polar surface area (TPSA) is 43.7 Å². The van der Waals surface area contributed by atoms with Crippen molar-refractivity contribution < 1.29 is 27.4 Å². The van der Waals surface area contributed by atoms with Crippen LogP contribution in [-0.4, -0.2) is 53.5 Å². The quantitative estimate of drug-likeness (QED) is 0.791. The number of ether oxygens (including phenoxy) is 2. The number of fused-ring (bicyclic) bond motifs is 1. The van der Waals surface area contributed by atoms with E-state index in [4.69, 9.17) is 9.47 Å². The summed E-state index contributed by atoms with van der Waals surface area (Å²) in [5, 5.41) is 0.671. The summed E-state index contributed by atoms with van der Waals surface area (Å²) in [6.07, 6.45) is -0.111. The first kappa shape index (κ1) is 19.1. The molecule has 3 heterocycles. The molecule has 2 aliphatic heterocycles. The SMILES string of the molecule is O=C(C1CCCO1)N1CCC(Oc2cccc3c2ccn3CC(F)(F)F)CC1. The van der Waals surface area contributed by atoms with Gasteiger partial charge in [0.2, 0.25) is 0 Å². The third-order valence-corrected chi connectivity index (χ3v) is 5.38. The number of nitrogens with zero attached hydrogens (tertiary/aromatic N) is 2. The molecule has 0 saturated carbocycles. The van der Waals surface area contributed by atoms with Crippen molar-refractivity contribution in [3.8, 4) is 5.75 Å². The zero-order chi connectivity index (χ0) is 19.7. The Balaban J connectivity index is 1.40. The van der Waals surface area contributed by atoms with Crippen molar-refractivity contribution >= 4 is 16.8 Å². The first-order valence-electron chi connectivity index (χ1n) is 9.62. The Morgan fingerprint density at radius 1 is 1.18 bits per heavy atom. The standard InChI is InChI=1S/C20H23F3N2O3/c21-20(22,23)13-25-11-8-15-16(25)3-1-4-17(15)28-14-6-9-24(10-7-14)19(26)18-5-2-12-27-18/h1,3-4,8,11,14,18H,2,5-7,9-10,12-13H2. The molecule has 8 heteroatoms. The first-order chi connectivity index (χ1) is 13.4. The van der Waals surface area contributed by atoms with Crippen LogP contribution in [0, 0.1) is 0 Å². The third kappa shape index (κ3) is 4.11. The van der Waals surface area contributed by atoms with Gasteiger partial charge < -0.3 is 18.9 Å². The van der Waals surface area contributed by atoms with Crippen molar-refractivity contribution in [1.29, 1.82) is 0 Å². The lowest BCUT2D eigenvalue weighted by Crippen LogP contribution is -2.45. The largest absolute Gasteiger partial charge is 0.490 e. The maximum Gasteiger partial charge on any atom is 0.406 e. The molecule has 2 aliphatic rings. The second kappa shape index (κ2) is 7.66. The zero-order valence-corrected chi connectivity index (χ0v) is 15.5. The maximum atomic E-state index is 12.7. The highest BCUT2D eigenvalue weighted by Crippen LogP contribution is 2.31. The summed E-state index contributed by atoms with van der Waals surface area (Å²) in [6, 6.07) is 6.81. The Labute approximate surface area is 161 Å². The molecule has 0 aliphatic carbocycles. The second-order valence-electron chi connectivity index (χ2n) is 7.39. The van der Waals surface area contributed by atoms with Gasteiger partial charge in [0.15, 0.2) is 0 Å². The van der Waals surface area contributed by atoms with Crippen molar-refractivity contribution in [2.24, 2.45) is 0 Å². The summed E-state index contributed by atoms with van der Waals surface area (Å²) in [4.78, 5) is 14.3. The Morgan fingerprint density at radius 2 is 1.96 bits per heavy atom. The van der Waals surface area contributed by atoms with E-state index in [1.165, 1.54) is 10.8 Å². The number of aromatic nitrogens is 1. The minimum Gasteiger partial charge on any atom is -0.490 e. The number of amides is 1. The maximum absolute atomic E-state index is 12.7. The van der Waals surface area contributed by atoms with Gasteiger partial charge in [0.1, 0.15) is 24.5 Å². The van der Waals surface area contributed by atoms with Crippen LogP contribution in [0.4, 0.5) is 13.2 Å². The number of likely N-dealkylation sites (tertiary alicyclic amines) is 1. The van der Waals surface area contributed by atoms with Crippen LogP contribution in [0.2, 0.25) is 0 Å². The van der Waals surface area contributed by atoms with Gasteiger partial charge in [-0.3, -0.25) is 4.79 Å². The lowest BCUT2D eigenvalue weighted by molar-refractivity contribution is -0.142. The monoisotopic (exact) mass is 396 g/mol. The predicted molar refractivity (Wildman–Crippen MR) is 97.2 cm³/mol. The molecule has 1 atom stereocenters. The summed E-state index contributed by atoms with van der Waals surface area (Å²) >= 11 is 0. The number of carbonyl (C=O) groups excluding carboxylic acids is 1. The minimum absolute atomic E-state index is 0.0577. The fourth-order valence-corrected chi connectivity index (χ4v) is 3.98. The summed E-state index contributed by atoms with van der Waals surface area (Å²) in [6.45, 7) is 0.834. The number of piperidine rings is 1. The number of alkyl halides is 3. The third-order valence-electron chi connectivity index (χ3n) is 5.38. The molecule has 4 rings (SSSR count). The molecule has 2 saturated heterocycles. The lowest BCUT2D eigenvalue weighted by Gasteiger charge is -2.33. The van der Waals surface area contributed by atoms with Gasteiger partial charge in [-0.2, -0.15) is 13.2 Å². The molecule has 152 valence electrons. The van der Waals surface area contributed by atoms with Crippen LogP contribution < -0.4 is 4.74 Å². The molecule has 2 aromatic rings. The van der Waals surface area contributed by atoms with Crippen LogP contribution >= 0.6 is 0 Å². The van der Waals surface area contributed by atoms with Gasteiger partial charge in [0, 0.05) is 44.1 Å². The van der Waals surface area contributed by atoms with Crippen LogP contribution in [0.15, 0.2) is 30.5 Å². The van der Waals surface area contributed by atoms with E-state index in [2.05, 4.69) is 0 Å². The second-order valence-corrected chi connectivity index (χ2v) is 7.39. The van der Waals surface area contributed by atoms with Crippen molar-refractivity contribution in [2.75, 3.05) is 19.7 Å². The fraction of sp³-hybridized carbons (Fsp3) is 0.550. The first-order valence-corrected chi connectivity index (χ1v) is 9.62. The van der Waals surface area contributed by atoms with Crippen LogP contribution in [0.25, 0.3) is 10.9 Å².